The fourth-order valence-corrected chi connectivity index (χ4v) is 3.22. The zero-order chi connectivity index (χ0) is 23.4. The minimum absolute atomic E-state index is 0.0193. The Balaban J connectivity index is 1.64. The number of benzene rings is 2. The Hall–Kier alpha value is -4.21. The molecular weight excluding hydrogens is 435 g/mol. The van der Waals surface area contributed by atoms with Gasteiger partial charge in [-0.25, -0.2) is 4.68 Å². The number of rotatable bonds is 6. The number of alkyl halides is 3. The van der Waals surface area contributed by atoms with Gasteiger partial charge in [0.15, 0.2) is 5.69 Å². The Morgan fingerprint density at radius 3 is 2.55 bits per heavy atom. The predicted octanol–water partition coefficient (Wildman–Crippen LogP) is 4.29. The molecule has 1 amide bonds. The fourth-order valence-electron chi connectivity index (χ4n) is 3.22. The number of ether oxygens (including phenoxy) is 1. The van der Waals surface area contributed by atoms with E-state index in [1.165, 1.54) is 16.8 Å². The number of carbonyl (C=O) groups is 1. The maximum atomic E-state index is 13.0. The number of aromatic nitrogens is 4. The molecule has 0 aliphatic carbocycles. The normalized spacial score (nSPS) is 11.3. The largest absolute Gasteiger partial charge is 0.497 e. The lowest BCUT2D eigenvalue weighted by Gasteiger charge is -2.10. The smallest absolute Gasteiger partial charge is 0.416 e. The zero-order valence-electron chi connectivity index (χ0n) is 17.4. The lowest BCUT2D eigenvalue weighted by molar-refractivity contribution is -0.137. The van der Waals surface area contributed by atoms with Gasteiger partial charge in [0, 0.05) is 24.5 Å². The first-order valence-electron chi connectivity index (χ1n) is 9.81. The molecule has 4 aromatic rings. The van der Waals surface area contributed by atoms with Crippen LogP contribution in [0.4, 0.5) is 13.2 Å². The number of nitrogens with zero attached hydrogens (tertiary/aromatic N) is 4. The van der Waals surface area contributed by atoms with Crippen molar-refractivity contribution in [3.8, 4) is 22.7 Å². The lowest BCUT2D eigenvalue weighted by Crippen LogP contribution is -2.24. The maximum absolute atomic E-state index is 13.0. The summed E-state index contributed by atoms with van der Waals surface area (Å²) in [5.74, 6) is 0.0758. The summed E-state index contributed by atoms with van der Waals surface area (Å²) in [5.41, 5.74) is 1.18. The highest BCUT2D eigenvalue weighted by Gasteiger charge is 2.30. The molecule has 0 unspecified atom stereocenters. The Labute approximate surface area is 186 Å². The van der Waals surface area contributed by atoms with Crippen molar-refractivity contribution < 1.29 is 22.7 Å². The molecule has 1 N–H and O–H groups in total. The summed E-state index contributed by atoms with van der Waals surface area (Å²) < 4.78 is 45.6. The molecule has 2 aromatic heterocycles. The monoisotopic (exact) mass is 453 g/mol. The lowest BCUT2D eigenvalue weighted by atomic mass is 10.1. The van der Waals surface area contributed by atoms with Crippen LogP contribution in [0.5, 0.6) is 5.75 Å². The number of carbonyl (C=O) groups excluding carboxylic acids is 1. The predicted molar refractivity (Wildman–Crippen MR) is 114 cm³/mol. The molecule has 2 heterocycles. The minimum atomic E-state index is -4.46. The third kappa shape index (κ3) is 4.84. The third-order valence-electron chi connectivity index (χ3n) is 4.84. The molecule has 0 saturated carbocycles. The molecule has 0 bridgehead atoms. The third-order valence-corrected chi connectivity index (χ3v) is 4.84. The molecule has 0 spiro atoms. The van der Waals surface area contributed by atoms with E-state index >= 15 is 0 Å². The van der Waals surface area contributed by atoms with Gasteiger partial charge >= 0.3 is 6.18 Å². The van der Waals surface area contributed by atoms with Gasteiger partial charge in [0.2, 0.25) is 0 Å². The van der Waals surface area contributed by atoms with Crippen molar-refractivity contribution in [2.45, 2.75) is 12.7 Å². The van der Waals surface area contributed by atoms with E-state index in [4.69, 9.17) is 4.74 Å². The molecule has 4 rings (SSSR count). The average molecular weight is 453 g/mol. The summed E-state index contributed by atoms with van der Waals surface area (Å²) in [6.45, 7) is -0.107. The van der Waals surface area contributed by atoms with Crippen molar-refractivity contribution in [2.75, 3.05) is 7.11 Å². The van der Waals surface area contributed by atoms with Gasteiger partial charge in [-0.2, -0.15) is 13.2 Å². The van der Waals surface area contributed by atoms with Crippen molar-refractivity contribution in [3.05, 3.63) is 89.9 Å². The van der Waals surface area contributed by atoms with Gasteiger partial charge in [-0.05, 0) is 54.1 Å². The van der Waals surface area contributed by atoms with Gasteiger partial charge in [0.05, 0.1) is 18.4 Å². The molecule has 2 aromatic carbocycles. The number of hydrogen-bond acceptors (Lipinski definition) is 5. The second kappa shape index (κ2) is 9.11. The first kappa shape index (κ1) is 22.0. The van der Waals surface area contributed by atoms with Crippen LogP contribution < -0.4 is 10.1 Å². The SMILES string of the molecule is COc1ccc(-n2nnc(C(=O)NCc3cccc(C(F)(F)F)c3)c2-c2cccnc2)cc1. The maximum Gasteiger partial charge on any atom is 0.416 e. The quantitative estimate of drug-likeness (QED) is 0.471. The van der Waals surface area contributed by atoms with Crippen LogP contribution in [0.25, 0.3) is 16.9 Å². The highest BCUT2D eigenvalue weighted by Crippen LogP contribution is 2.30. The van der Waals surface area contributed by atoms with E-state index in [-0.39, 0.29) is 12.2 Å². The van der Waals surface area contributed by atoms with Crippen molar-refractivity contribution in [1.82, 2.24) is 25.3 Å². The standard InChI is InChI=1S/C23H18F3N5O2/c1-33-19-9-7-18(8-10-19)31-21(16-5-3-11-27-14-16)20(29-30-31)22(32)28-13-15-4-2-6-17(12-15)23(24,25)26/h2-12,14H,13H2,1H3,(H,28,32). The number of methoxy groups -OCH3 is 1. The van der Waals surface area contributed by atoms with Gasteiger partial charge in [0.25, 0.3) is 5.91 Å². The van der Waals surface area contributed by atoms with Gasteiger partial charge < -0.3 is 10.1 Å². The number of hydrogen-bond donors (Lipinski definition) is 1. The van der Waals surface area contributed by atoms with E-state index in [1.807, 2.05) is 0 Å². The van der Waals surface area contributed by atoms with Crippen LogP contribution in [0.1, 0.15) is 21.6 Å². The fraction of sp³-hybridized carbons (Fsp3) is 0.130. The summed E-state index contributed by atoms with van der Waals surface area (Å²) in [6, 6.07) is 15.3. The summed E-state index contributed by atoms with van der Waals surface area (Å²) in [7, 11) is 1.55. The molecule has 0 aliphatic rings. The van der Waals surface area contributed by atoms with Crippen LogP contribution in [0.15, 0.2) is 73.1 Å². The number of nitrogens with one attached hydrogen (secondary N) is 1. The van der Waals surface area contributed by atoms with Gasteiger partial charge in [0.1, 0.15) is 11.4 Å². The molecule has 10 heteroatoms. The van der Waals surface area contributed by atoms with E-state index in [9.17, 15) is 18.0 Å². The topological polar surface area (TPSA) is 81.9 Å². The Morgan fingerprint density at radius 2 is 1.88 bits per heavy atom. The minimum Gasteiger partial charge on any atom is -0.497 e. The molecule has 0 fully saturated rings. The molecular formula is C23H18F3N5O2. The second-order valence-corrected chi connectivity index (χ2v) is 7.02. The van der Waals surface area contributed by atoms with Crippen molar-refractivity contribution in [2.24, 2.45) is 0 Å². The second-order valence-electron chi connectivity index (χ2n) is 7.02. The summed E-state index contributed by atoms with van der Waals surface area (Å²) in [5, 5.41) is 10.8. The van der Waals surface area contributed by atoms with E-state index in [0.717, 1.165) is 12.1 Å². The van der Waals surface area contributed by atoms with Crippen LogP contribution >= 0.6 is 0 Å². The Morgan fingerprint density at radius 1 is 1.09 bits per heavy atom. The first-order chi connectivity index (χ1) is 15.9. The van der Waals surface area contributed by atoms with Crippen LogP contribution in [0, 0.1) is 0 Å². The van der Waals surface area contributed by atoms with Crippen molar-refractivity contribution in [1.29, 1.82) is 0 Å². The van der Waals surface area contributed by atoms with Crippen LogP contribution in [0.3, 0.4) is 0 Å². The summed E-state index contributed by atoms with van der Waals surface area (Å²) in [6.07, 6.45) is -1.30. The number of pyridine rings is 1. The average Bonchev–Trinajstić information content (AvgIpc) is 3.28. The van der Waals surface area contributed by atoms with Gasteiger partial charge in [-0.1, -0.05) is 17.3 Å². The van der Waals surface area contributed by atoms with E-state index in [2.05, 4.69) is 20.6 Å². The highest BCUT2D eigenvalue weighted by molar-refractivity contribution is 5.98. The zero-order valence-corrected chi connectivity index (χ0v) is 17.4. The molecule has 0 aliphatic heterocycles. The van der Waals surface area contributed by atoms with Gasteiger partial charge in [-0.3, -0.25) is 9.78 Å². The molecule has 0 atom stereocenters. The van der Waals surface area contributed by atoms with Crippen molar-refractivity contribution in [3.63, 3.8) is 0 Å². The Bertz CT molecular complexity index is 1260. The van der Waals surface area contributed by atoms with E-state index in [0.29, 0.717) is 28.3 Å². The number of halogens is 3. The van der Waals surface area contributed by atoms with Crippen molar-refractivity contribution >= 4 is 5.91 Å². The van der Waals surface area contributed by atoms with Crippen LogP contribution in [0.2, 0.25) is 0 Å². The highest BCUT2D eigenvalue weighted by atomic mass is 19.4. The molecule has 0 saturated heterocycles. The number of amides is 1. The van der Waals surface area contributed by atoms with E-state index in [1.54, 1.807) is 55.9 Å². The summed E-state index contributed by atoms with van der Waals surface area (Å²) >= 11 is 0. The van der Waals surface area contributed by atoms with Gasteiger partial charge in [-0.15, -0.1) is 5.10 Å². The van der Waals surface area contributed by atoms with E-state index < -0.39 is 17.6 Å². The van der Waals surface area contributed by atoms with Crippen LogP contribution in [-0.4, -0.2) is 33.0 Å². The summed E-state index contributed by atoms with van der Waals surface area (Å²) in [4.78, 5) is 17.1. The molecule has 168 valence electrons. The molecule has 7 nitrogen and oxygen atoms in total. The first-order valence-corrected chi connectivity index (χ1v) is 9.81. The molecule has 0 radical (unpaired) electrons. The Kier molecular flexibility index (Phi) is 6.07. The molecule has 33 heavy (non-hydrogen) atoms. The van der Waals surface area contributed by atoms with Crippen LogP contribution in [-0.2, 0) is 12.7 Å².